The van der Waals surface area contributed by atoms with Crippen LogP contribution in [0.15, 0.2) is 18.2 Å². The first-order valence-electron chi connectivity index (χ1n) is 6.38. The number of nitrogens with zero attached hydrogens (tertiary/aromatic N) is 1. The minimum Gasteiger partial charge on any atom is -0.504 e. The number of likely N-dealkylation sites (N-methyl/N-ethyl adjacent to an activating group) is 1. The van der Waals surface area contributed by atoms with Gasteiger partial charge in [0.1, 0.15) is 0 Å². The number of benzene rings is 1. The molecule has 0 heterocycles. The highest BCUT2D eigenvalue weighted by Crippen LogP contribution is 2.26. The average Bonchev–Trinajstić information content (AvgIpc) is 2.43. The standard InChI is InChI=1S/C14H22N2O4.ClH/c1-16(14(18)9-15-6-7-19-2)10-11-4-5-13(20-3)12(17)8-11;/h4-5,8,15,17H,6-7,9-10H2,1-3H3;1H. The molecule has 1 aromatic rings. The Bertz CT molecular complexity index is 443. The van der Waals surface area contributed by atoms with Gasteiger partial charge in [-0.1, -0.05) is 6.07 Å². The van der Waals surface area contributed by atoms with Crippen molar-refractivity contribution in [3.8, 4) is 11.5 Å². The van der Waals surface area contributed by atoms with Crippen LogP contribution in [0, 0.1) is 0 Å². The van der Waals surface area contributed by atoms with Crippen LogP contribution < -0.4 is 10.1 Å². The van der Waals surface area contributed by atoms with Gasteiger partial charge in [-0.3, -0.25) is 4.79 Å². The number of carbonyl (C=O) groups excluding carboxylic acids is 1. The molecule has 0 radical (unpaired) electrons. The van der Waals surface area contributed by atoms with E-state index in [1.807, 2.05) is 6.07 Å². The molecule has 0 bridgehead atoms. The van der Waals surface area contributed by atoms with Gasteiger partial charge in [-0.2, -0.15) is 0 Å². The number of methoxy groups -OCH3 is 2. The van der Waals surface area contributed by atoms with Gasteiger partial charge in [0.15, 0.2) is 11.5 Å². The molecule has 1 aromatic carbocycles. The van der Waals surface area contributed by atoms with Gasteiger partial charge in [-0.05, 0) is 17.7 Å². The lowest BCUT2D eigenvalue weighted by atomic mass is 10.2. The van der Waals surface area contributed by atoms with E-state index in [1.54, 1.807) is 31.2 Å². The molecule has 0 saturated carbocycles. The maximum atomic E-state index is 11.9. The van der Waals surface area contributed by atoms with Gasteiger partial charge in [0.2, 0.25) is 5.91 Å². The van der Waals surface area contributed by atoms with E-state index in [0.717, 1.165) is 5.56 Å². The van der Waals surface area contributed by atoms with Crippen LogP contribution in [0.5, 0.6) is 11.5 Å². The van der Waals surface area contributed by atoms with Crippen LogP contribution in [0.1, 0.15) is 5.56 Å². The predicted octanol–water partition coefficient (Wildman–Crippen LogP) is 1.02. The molecule has 7 heteroatoms. The highest BCUT2D eigenvalue weighted by atomic mass is 35.5. The average molecular weight is 319 g/mol. The zero-order chi connectivity index (χ0) is 15.0. The molecular weight excluding hydrogens is 296 g/mol. The first-order chi connectivity index (χ1) is 9.58. The number of ether oxygens (including phenoxy) is 2. The number of phenolic OH excluding ortho intramolecular Hbond substituents is 1. The largest absolute Gasteiger partial charge is 0.504 e. The van der Waals surface area contributed by atoms with Crippen LogP contribution >= 0.6 is 12.4 Å². The minimum absolute atomic E-state index is 0. The number of hydrogen-bond acceptors (Lipinski definition) is 5. The molecule has 6 nitrogen and oxygen atoms in total. The van der Waals surface area contributed by atoms with E-state index in [9.17, 15) is 9.90 Å². The summed E-state index contributed by atoms with van der Waals surface area (Å²) in [7, 11) is 4.84. The summed E-state index contributed by atoms with van der Waals surface area (Å²) in [6, 6.07) is 5.10. The number of rotatable bonds is 8. The summed E-state index contributed by atoms with van der Waals surface area (Å²) >= 11 is 0. The van der Waals surface area contributed by atoms with Gasteiger partial charge in [-0.15, -0.1) is 12.4 Å². The van der Waals surface area contributed by atoms with Crippen molar-refractivity contribution < 1.29 is 19.4 Å². The predicted molar refractivity (Wildman–Crippen MR) is 83.1 cm³/mol. The maximum absolute atomic E-state index is 11.9. The quantitative estimate of drug-likeness (QED) is 0.700. The third kappa shape index (κ3) is 6.66. The smallest absolute Gasteiger partial charge is 0.236 e. The molecule has 1 rings (SSSR count). The van der Waals surface area contributed by atoms with Crippen LogP contribution in [0.2, 0.25) is 0 Å². The van der Waals surface area contributed by atoms with Crippen LogP contribution in [-0.4, -0.2) is 56.9 Å². The zero-order valence-electron chi connectivity index (χ0n) is 12.6. The minimum atomic E-state index is -0.0172. The van der Waals surface area contributed by atoms with Gasteiger partial charge in [0, 0.05) is 27.2 Å². The first kappa shape index (κ1) is 19.5. The van der Waals surface area contributed by atoms with Crippen molar-refractivity contribution in [2.24, 2.45) is 0 Å². The van der Waals surface area contributed by atoms with E-state index in [2.05, 4.69) is 5.32 Å². The fourth-order valence-corrected chi connectivity index (χ4v) is 1.70. The summed E-state index contributed by atoms with van der Waals surface area (Å²) in [6.45, 7) is 1.91. The second-order valence-electron chi connectivity index (χ2n) is 4.43. The molecule has 0 aliphatic carbocycles. The molecular formula is C14H23ClN2O4. The Kier molecular flexibility index (Phi) is 9.53. The molecule has 0 fully saturated rings. The molecule has 0 aliphatic rings. The van der Waals surface area contributed by atoms with Crippen LogP contribution in [0.3, 0.4) is 0 Å². The molecule has 0 unspecified atom stereocenters. The number of aromatic hydroxyl groups is 1. The zero-order valence-corrected chi connectivity index (χ0v) is 13.4. The number of amides is 1. The van der Waals surface area contributed by atoms with Crippen molar-refractivity contribution in [1.29, 1.82) is 0 Å². The second kappa shape index (κ2) is 10.3. The fourth-order valence-electron chi connectivity index (χ4n) is 1.70. The van der Waals surface area contributed by atoms with Crippen molar-refractivity contribution >= 4 is 18.3 Å². The van der Waals surface area contributed by atoms with Crippen molar-refractivity contribution in [3.05, 3.63) is 23.8 Å². The Labute approximate surface area is 131 Å². The van der Waals surface area contributed by atoms with Gasteiger partial charge in [0.25, 0.3) is 0 Å². The number of phenols is 1. The lowest BCUT2D eigenvalue weighted by Crippen LogP contribution is -2.36. The lowest BCUT2D eigenvalue weighted by Gasteiger charge is -2.18. The Morgan fingerprint density at radius 1 is 1.38 bits per heavy atom. The van der Waals surface area contributed by atoms with Crippen LogP contribution in [0.4, 0.5) is 0 Å². The molecule has 21 heavy (non-hydrogen) atoms. The summed E-state index contributed by atoms with van der Waals surface area (Å²) in [4.78, 5) is 13.5. The Hall–Kier alpha value is -1.50. The third-order valence-electron chi connectivity index (χ3n) is 2.85. The summed E-state index contributed by atoms with van der Waals surface area (Å²) < 4.78 is 9.86. The summed E-state index contributed by atoms with van der Waals surface area (Å²) in [5.74, 6) is 0.476. The fraction of sp³-hybridized carbons (Fsp3) is 0.500. The van der Waals surface area contributed by atoms with E-state index < -0.39 is 0 Å². The summed E-state index contributed by atoms with van der Waals surface area (Å²) in [5.41, 5.74) is 0.844. The van der Waals surface area contributed by atoms with E-state index in [4.69, 9.17) is 9.47 Å². The van der Waals surface area contributed by atoms with Gasteiger partial charge >= 0.3 is 0 Å². The molecule has 120 valence electrons. The molecule has 0 atom stereocenters. The normalized spacial score (nSPS) is 9.86. The summed E-state index contributed by atoms with van der Waals surface area (Å²) in [5, 5.41) is 12.7. The molecule has 2 N–H and O–H groups in total. The van der Waals surface area contributed by atoms with Crippen molar-refractivity contribution in [3.63, 3.8) is 0 Å². The van der Waals surface area contributed by atoms with Crippen molar-refractivity contribution in [1.82, 2.24) is 10.2 Å². The topological polar surface area (TPSA) is 71.0 Å². The SMILES string of the molecule is COCCNCC(=O)N(C)Cc1ccc(OC)c(O)c1.Cl. The summed E-state index contributed by atoms with van der Waals surface area (Å²) in [6.07, 6.45) is 0. The number of halogens is 1. The molecule has 0 saturated heterocycles. The number of hydrogen-bond donors (Lipinski definition) is 2. The van der Waals surface area contributed by atoms with E-state index >= 15 is 0 Å². The second-order valence-corrected chi connectivity index (χ2v) is 4.43. The monoisotopic (exact) mass is 318 g/mol. The van der Waals surface area contributed by atoms with Crippen LogP contribution in [-0.2, 0) is 16.1 Å². The maximum Gasteiger partial charge on any atom is 0.236 e. The Morgan fingerprint density at radius 3 is 2.67 bits per heavy atom. The highest BCUT2D eigenvalue weighted by molar-refractivity contribution is 5.85. The Balaban J connectivity index is 0.00000400. The third-order valence-corrected chi connectivity index (χ3v) is 2.85. The molecule has 0 spiro atoms. The molecule has 1 amide bonds. The number of carbonyl (C=O) groups is 1. The van der Waals surface area contributed by atoms with Gasteiger partial charge in [-0.25, -0.2) is 0 Å². The van der Waals surface area contributed by atoms with E-state index in [1.165, 1.54) is 7.11 Å². The molecule has 0 aliphatic heterocycles. The first-order valence-corrected chi connectivity index (χ1v) is 6.38. The van der Waals surface area contributed by atoms with E-state index in [-0.39, 0.29) is 30.6 Å². The van der Waals surface area contributed by atoms with Crippen molar-refractivity contribution in [2.45, 2.75) is 6.54 Å². The highest BCUT2D eigenvalue weighted by Gasteiger charge is 2.10. The van der Waals surface area contributed by atoms with Crippen LogP contribution in [0.25, 0.3) is 0 Å². The van der Waals surface area contributed by atoms with Gasteiger partial charge < -0.3 is 24.8 Å². The Morgan fingerprint density at radius 2 is 2.10 bits per heavy atom. The lowest BCUT2D eigenvalue weighted by molar-refractivity contribution is -0.129. The van der Waals surface area contributed by atoms with Crippen molar-refractivity contribution in [2.75, 3.05) is 41.0 Å². The van der Waals surface area contributed by atoms with Gasteiger partial charge in [0.05, 0.1) is 20.3 Å². The number of nitrogens with one attached hydrogen (secondary N) is 1. The molecule has 0 aromatic heterocycles. The van der Waals surface area contributed by atoms with E-state index in [0.29, 0.717) is 25.4 Å².